The molecule has 0 aliphatic carbocycles. The number of hydrogen-bond acceptors (Lipinski definition) is 3. The van der Waals surface area contributed by atoms with E-state index in [4.69, 9.17) is 11.6 Å². The van der Waals surface area contributed by atoms with Crippen molar-refractivity contribution in [3.05, 3.63) is 59.4 Å². The lowest BCUT2D eigenvalue weighted by molar-refractivity contribution is 0.102. The highest BCUT2D eigenvalue weighted by Gasteiger charge is 2.18. The third-order valence-corrected chi connectivity index (χ3v) is 4.81. The fourth-order valence-electron chi connectivity index (χ4n) is 3.32. The molecule has 1 fully saturated rings. The van der Waals surface area contributed by atoms with E-state index in [0.717, 1.165) is 30.0 Å². The van der Waals surface area contributed by atoms with Crippen LogP contribution in [0.15, 0.2) is 48.8 Å². The van der Waals surface area contributed by atoms with Crippen molar-refractivity contribution in [2.24, 2.45) is 0 Å². The van der Waals surface area contributed by atoms with Crippen LogP contribution in [0.3, 0.4) is 0 Å². The Hall–Kier alpha value is -2.53. The SMILES string of the molecule is O=C(Nc1cc(Cl)ccc1N1CCCCC1)c1cnn2ccccc12. The minimum Gasteiger partial charge on any atom is -0.370 e. The molecule has 4 rings (SSSR count). The molecule has 25 heavy (non-hydrogen) atoms. The largest absolute Gasteiger partial charge is 0.370 e. The molecule has 3 heterocycles. The summed E-state index contributed by atoms with van der Waals surface area (Å²) in [7, 11) is 0. The Balaban J connectivity index is 1.65. The molecule has 1 aliphatic rings. The zero-order chi connectivity index (χ0) is 17.2. The molecule has 0 spiro atoms. The van der Waals surface area contributed by atoms with Gasteiger partial charge < -0.3 is 10.2 Å². The number of carbonyl (C=O) groups excluding carboxylic acids is 1. The van der Waals surface area contributed by atoms with Crippen molar-refractivity contribution in [1.29, 1.82) is 0 Å². The van der Waals surface area contributed by atoms with Crippen molar-refractivity contribution in [2.45, 2.75) is 19.3 Å². The number of anilines is 2. The van der Waals surface area contributed by atoms with Gasteiger partial charge in [0.1, 0.15) is 0 Å². The fraction of sp³-hybridized carbons (Fsp3) is 0.263. The quantitative estimate of drug-likeness (QED) is 0.765. The van der Waals surface area contributed by atoms with E-state index in [1.54, 1.807) is 10.7 Å². The summed E-state index contributed by atoms with van der Waals surface area (Å²) >= 11 is 6.17. The summed E-state index contributed by atoms with van der Waals surface area (Å²) in [4.78, 5) is 15.1. The Kier molecular flexibility index (Phi) is 4.32. The Morgan fingerprint density at radius 1 is 1.12 bits per heavy atom. The van der Waals surface area contributed by atoms with E-state index in [-0.39, 0.29) is 5.91 Å². The van der Waals surface area contributed by atoms with Crippen molar-refractivity contribution in [3.63, 3.8) is 0 Å². The standard InChI is InChI=1S/C19H19ClN4O/c20-14-7-8-18(23-9-3-1-4-10-23)16(12-14)22-19(25)15-13-21-24-11-5-2-6-17(15)24/h2,5-8,11-13H,1,3-4,9-10H2,(H,22,25). The maximum Gasteiger partial charge on any atom is 0.259 e. The fourth-order valence-corrected chi connectivity index (χ4v) is 3.49. The molecule has 128 valence electrons. The first-order valence-electron chi connectivity index (χ1n) is 8.50. The maximum atomic E-state index is 12.8. The van der Waals surface area contributed by atoms with Gasteiger partial charge in [0.05, 0.1) is 28.7 Å². The molecule has 0 bridgehead atoms. The summed E-state index contributed by atoms with van der Waals surface area (Å²) < 4.78 is 1.69. The van der Waals surface area contributed by atoms with Crippen LogP contribution in [0.25, 0.3) is 5.52 Å². The molecule has 1 aromatic carbocycles. The average Bonchev–Trinajstić information content (AvgIpc) is 3.07. The number of rotatable bonds is 3. The number of aromatic nitrogens is 2. The normalized spacial score (nSPS) is 14.7. The van der Waals surface area contributed by atoms with Gasteiger partial charge in [0, 0.05) is 24.3 Å². The molecule has 1 N–H and O–H groups in total. The van der Waals surface area contributed by atoms with Crippen LogP contribution in [0, 0.1) is 0 Å². The number of piperidine rings is 1. The van der Waals surface area contributed by atoms with Crippen LogP contribution in [0.2, 0.25) is 5.02 Å². The lowest BCUT2D eigenvalue weighted by atomic mass is 10.1. The number of pyridine rings is 1. The topological polar surface area (TPSA) is 49.6 Å². The number of benzene rings is 1. The van der Waals surface area contributed by atoms with E-state index in [1.165, 1.54) is 19.3 Å². The van der Waals surface area contributed by atoms with Gasteiger partial charge in [0.25, 0.3) is 5.91 Å². The van der Waals surface area contributed by atoms with Gasteiger partial charge in [0.2, 0.25) is 0 Å². The molecule has 0 radical (unpaired) electrons. The molecule has 0 saturated carbocycles. The Morgan fingerprint density at radius 2 is 1.96 bits per heavy atom. The van der Waals surface area contributed by atoms with Crippen molar-refractivity contribution >= 4 is 34.4 Å². The Morgan fingerprint density at radius 3 is 2.80 bits per heavy atom. The number of nitrogens with one attached hydrogen (secondary N) is 1. The summed E-state index contributed by atoms with van der Waals surface area (Å²) in [6, 6.07) is 11.3. The second-order valence-corrected chi connectivity index (χ2v) is 6.69. The van der Waals surface area contributed by atoms with Crippen molar-refractivity contribution in [3.8, 4) is 0 Å². The molecule has 1 amide bonds. The first-order valence-corrected chi connectivity index (χ1v) is 8.88. The number of amides is 1. The van der Waals surface area contributed by atoms with Crippen molar-refractivity contribution in [1.82, 2.24) is 9.61 Å². The highest BCUT2D eigenvalue weighted by atomic mass is 35.5. The molecule has 5 nitrogen and oxygen atoms in total. The molecule has 0 unspecified atom stereocenters. The van der Waals surface area contributed by atoms with Crippen LogP contribution in [0.4, 0.5) is 11.4 Å². The Labute approximate surface area is 151 Å². The molecule has 3 aromatic rings. The second kappa shape index (κ2) is 6.76. The minimum atomic E-state index is -0.179. The van der Waals surface area contributed by atoms with Crippen LogP contribution in [-0.2, 0) is 0 Å². The summed E-state index contributed by atoms with van der Waals surface area (Å²) in [6.07, 6.45) is 7.02. The van der Waals surface area contributed by atoms with Crippen LogP contribution in [0.1, 0.15) is 29.6 Å². The summed E-state index contributed by atoms with van der Waals surface area (Å²) in [5.41, 5.74) is 3.09. The number of hydrogen-bond donors (Lipinski definition) is 1. The van der Waals surface area contributed by atoms with E-state index in [9.17, 15) is 4.79 Å². The number of halogens is 1. The van der Waals surface area contributed by atoms with Crippen molar-refractivity contribution in [2.75, 3.05) is 23.3 Å². The third-order valence-electron chi connectivity index (χ3n) is 4.57. The smallest absolute Gasteiger partial charge is 0.259 e. The zero-order valence-electron chi connectivity index (χ0n) is 13.8. The molecule has 0 atom stereocenters. The van der Waals surface area contributed by atoms with Crippen LogP contribution in [0.5, 0.6) is 0 Å². The van der Waals surface area contributed by atoms with Crippen LogP contribution < -0.4 is 10.2 Å². The van der Waals surface area contributed by atoms with Gasteiger partial charge in [-0.3, -0.25) is 4.79 Å². The molecule has 2 aromatic heterocycles. The number of fused-ring (bicyclic) bond motifs is 1. The lowest BCUT2D eigenvalue weighted by Crippen LogP contribution is -2.30. The van der Waals surface area contributed by atoms with Gasteiger partial charge in [-0.2, -0.15) is 5.10 Å². The van der Waals surface area contributed by atoms with E-state index >= 15 is 0 Å². The molecule has 1 saturated heterocycles. The predicted molar refractivity (Wildman–Crippen MR) is 101 cm³/mol. The highest BCUT2D eigenvalue weighted by Crippen LogP contribution is 2.31. The van der Waals surface area contributed by atoms with E-state index in [2.05, 4.69) is 15.3 Å². The van der Waals surface area contributed by atoms with Crippen LogP contribution in [-0.4, -0.2) is 28.6 Å². The summed E-state index contributed by atoms with van der Waals surface area (Å²) in [6.45, 7) is 2.00. The van der Waals surface area contributed by atoms with Gasteiger partial charge in [-0.05, 0) is 49.6 Å². The van der Waals surface area contributed by atoms with Gasteiger partial charge in [-0.15, -0.1) is 0 Å². The molecular formula is C19H19ClN4O. The molecule has 1 aliphatic heterocycles. The minimum absolute atomic E-state index is 0.179. The van der Waals surface area contributed by atoms with Gasteiger partial charge >= 0.3 is 0 Å². The molecule has 6 heteroatoms. The average molecular weight is 355 g/mol. The number of carbonyl (C=O) groups is 1. The highest BCUT2D eigenvalue weighted by molar-refractivity contribution is 6.31. The predicted octanol–water partition coefficient (Wildman–Crippen LogP) is 4.23. The van der Waals surface area contributed by atoms with Gasteiger partial charge in [0.15, 0.2) is 0 Å². The first-order chi connectivity index (χ1) is 12.2. The Bertz CT molecular complexity index is 915. The third kappa shape index (κ3) is 3.20. The summed E-state index contributed by atoms with van der Waals surface area (Å²) in [5.74, 6) is -0.179. The summed E-state index contributed by atoms with van der Waals surface area (Å²) in [5, 5.41) is 7.86. The monoisotopic (exact) mass is 354 g/mol. The van der Waals surface area contributed by atoms with Gasteiger partial charge in [-0.25, -0.2) is 4.52 Å². The second-order valence-electron chi connectivity index (χ2n) is 6.25. The zero-order valence-corrected chi connectivity index (χ0v) is 14.5. The lowest BCUT2D eigenvalue weighted by Gasteiger charge is -2.30. The van der Waals surface area contributed by atoms with Gasteiger partial charge in [-0.1, -0.05) is 17.7 Å². The van der Waals surface area contributed by atoms with E-state index in [0.29, 0.717) is 10.6 Å². The van der Waals surface area contributed by atoms with Crippen molar-refractivity contribution < 1.29 is 4.79 Å². The van der Waals surface area contributed by atoms with E-state index < -0.39 is 0 Å². The first kappa shape index (κ1) is 16.0. The van der Waals surface area contributed by atoms with E-state index in [1.807, 2.05) is 42.6 Å². The molecular weight excluding hydrogens is 336 g/mol. The number of nitrogens with zero attached hydrogens (tertiary/aromatic N) is 3. The maximum absolute atomic E-state index is 12.8. The van der Waals surface area contributed by atoms with Crippen LogP contribution >= 0.6 is 11.6 Å².